The third-order valence-corrected chi connectivity index (χ3v) is 6.10. The highest BCUT2D eigenvalue weighted by molar-refractivity contribution is 5.61. The van der Waals surface area contributed by atoms with Crippen LogP contribution in [0.25, 0.3) is 11.3 Å². The lowest BCUT2D eigenvalue weighted by atomic mass is 9.67. The van der Waals surface area contributed by atoms with Gasteiger partial charge in [-0.05, 0) is 67.4 Å². The minimum atomic E-state index is -0.199. The van der Waals surface area contributed by atoms with Gasteiger partial charge in [-0.1, -0.05) is 30.3 Å². The van der Waals surface area contributed by atoms with Crippen LogP contribution in [-0.4, -0.2) is 4.98 Å². The quantitative estimate of drug-likeness (QED) is 0.652. The molecule has 0 N–H and O–H groups in total. The van der Waals surface area contributed by atoms with Crippen molar-refractivity contribution in [2.75, 3.05) is 0 Å². The second kappa shape index (κ2) is 4.65. The first kappa shape index (κ1) is 12.8. The zero-order valence-corrected chi connectivity index (χ0v) is 12.6. The van der Waals surface area contributed by atoms with Gasteiger partial charge in [-0.2, -0.15) is 4.39 Å². The van der Waals surface area contributed by atoms with Gasteiger partial charge in [0.25, 0.3) is 0 Å². The molecule has 1 aromatic heterocycles. The van der Waals surface area contributed by atoms with E-state index in [9.17, 15) is 4.39 Å². The molecule has 4 bridgehead atoms. The average molecular weight is 293 g/mol. The van der Waals surface area contributed by atoms with Crippen LogP contribution in [0.15, 0.2) is 36.4 Å². The number of benzene rings is 1. The summed E-state index contributed by atoms with van der Waals surface area (Å²) in [5.74, 6) is 2.41. The van der Waals surface area contributed by atoms with Gasteiger partial charge in [0, 0.05) is 11.1 Å². The van der Waals surface area contributed by atoms with Crippen LogP contribution in [0.1, 0.15) is 55.1 Å². The predicted molar refractivity (Wildman–Crippen MR) is 85.2 cm³/mol. The van der Waals surface area contributed by atoms with Crippen LogP contribution in [-0.2, 0) is 0 Å². The summed E-state index contributed by atoms with van der Waals surface area (Å²) < 4.78 is 14.9. The lowest BCUT2D eigenvalue weighted by molar-refractivity contribution is 0.165. The van der Waals surface area contributed by atoms with Crippen molar-refractivity contribution in [3.63, 3.8) is 0 Å². The molecule has 4 aliphatic rings. The lowest BCUT2D eigenvalue weighted by Crippen LogP contribution is -2.25. The summed E-state index contributed by atoms with van der Waals surface area (Å²) in [4.78, 5) is 4.33. The molecule has 2 atom stereocenters. The van der Waals surface area contributed by atoms with E-state index in [4.69, 9.17) is 0 Å². The molecular weight excluding hydrogens is 273 g/mol. The Balaban J connectivity index is 1.69. The largest absolute Gasteiger partial charge is 0.219 e. The number of aromatic nitrogens is 1. The first-order chi connectivity index (χ1) is 10.8. The third kappa shape index (κ3) is 1.86. The highest BCUT2D eigenvalue weighted by Gasteiger charge is 2.43. The SMILES string of the molecule is Fc1nc(-c2ccccc2)cc2c1C1CC3CC(CC2C3)C1. The Labute approximate surface area is 130 Å². The standard InChI is InChI=1S/C20H20FN/c21-20-19-16-9-12-6-13(10-16)8-15(7-12)17(19)11-18(22-20)14-4-2-1-3-5-14/h1-5,11-13,15-16H,6-10H2. The smallest absolute Gasteiger partial charge is 0.217 e. The summed E-state index contributed by atoms with van der Waals surface area (Å²) >= 11 is 0. The van der Waals surface area contributed by atoms with Crippen molar-refractivity contribution in [3.8, 4) is 11.3 Å². The van der Waals surface area contributed by atoms with Crippen LogP contribution in [0.2, 0.25) is 0 Å². The molecule has 2 heteroatoms. The molecule has 1 heterocycles. The minimum absolute atomic E-state index is 0.199. The van der Waals surface area contributed by atoms with Gasteiger partial charge in [-0.25, -0.2) is 4.98 Å². The van der Waals surface area contributed by atoms with E-state index < -0.39 is 0 Å². The van der Waals surface area contributed by atoms with Crippen molar-refractivity contribution in [1.82, 2.24) is 4.98 Å². The maximum Gasteiger partial charge on any atom is 0.217 e. The molecule has 2 unspecified atom stereocenters. The van der Waals surface area contributed by atoms with Crippen molar-refractivity contribution >= 4 is 0 Å². The molecule has 0 spiro atoms. The topological polar surface area (TPSA) is 12.9 Å². The first-order valence-electron chi connectivity index (χ1n) is 8.53. The summed E-state index contributed by atoms with van der Waals surface area (Å²) in [7, 11) is 0. The van der Waals surface area contributed by atoms with Gasteiger partial charge < -0.3 is 0 Å². The van der Waals surface area contributed by atoms with Crippen LogP contribution >= 0.6 is 0 Å². The summed E-state index contributed by atoms with van der Waals surface area (Å²) in [6, 6.07) is 12.2. The van der Waals surface area contributed by atoms with Gasteiger partial charge in [-0.3, -0.25) is 0 Å². The van der Waals surface area contributed by atoms with Crippen molar-refractivity contribution in [1.29, 1.82) is 0 Å². The molecule has 0 aliphatic heterocycles. The van der Waals surface area contributed by atoms with Gasteiger partial charge >= 0.3 is 0 Å². The number of rotatable bonds is 1. The fraction of sp³-hybridized carbons (Fsp3) is 0.450. The molecule has 2 aromatic rings. The summed E-state index contributed by atoms with van der Waals surface area (Å²) in [5, 5.41) is 0. The summed E-state index contributed by atoms with van der Waals surface area (Å²) in [5.41, 5.74) is 4.07. The molecule has 112 valence electrons. The molecule has 1 nitrogen and oxygen atoms in total. The van der Waals surface area contributed by atoms with E-state index in [0.29, 0.717) is 11.8 Å². The zero-order valence-electron chi connectivity index (χ0n) is 12.6. The number of pyridine rings is 1. The monoisotopic (exact) mass is 293 g/mol. The fourth-order valence-electron chi connectivity index (χ4n) is 5.38. The Bertz CT molecular complexity index is 710. The average Bonchev–Trinajstić information content (AvgIpc) is 2.70. The van der Waals surface area contributed by atoms with Crippen LogP contribution in [0.3, 0.4) is 0 Å². The molecule has 22 heavy (non-hydrogen) atoms. The summed E-state index contributed by atoms with van der Waals surface area (Å²) in [6.45, 7) is 0. The van der Waals surface area contributed by atoms with E-state index in [1.807, 2.05) is 30.3 Å². The van der Waals surface area contributed by atoms with Crippen molar-refractivity contribution < 1.29 is 4.39 Å². The Kier molecular flexibility index (Phi) is 2.70. The molecule has 4 aliphatic carbocycles. The molecule has 1 aromatic carbocycles. The summed E-state index contributed by atoms with van der Waals surface area (Å²) in [6.07, 6.45) is 6.27. The molecule has 2 fully saturated rings. The second-order valence-corrected chi connectivity index (χ2v) is 7.47. The van der Waals surface area contributed by atoms with E-state index in [1.165, 1.54) is 37.7 Å². The van der Waals surface area contributed by atoms with Crippen LogP contribution in [0, 0.1) is 17.8 Å². The molecule has 0 amide bonds. The minimum Gasteiger partial charge on any atom is -0.219 e. The molecule has 2 saturated carbocycles. The third-order valence-electron chi connectivity index (χ3n) is 6.10. The van der Waals surface area contributed by atoms with Gasteiger partial charge in [0.2, 0.25) is 5.95 Å². The van der Waals surface area contributed by atoms with Crippen LogP contribution in [0.4, 0.5) is 4.39 Å². The Hall–Kier alpha value is -1.70. The number of hydrogen-bond acceptors (Lipinski definition) is 1. The van der Waals surface area contributed by atoms with Crippen molar-refractivity contribution in [3.05, 3.63) is 53.5 Å². The van der Waals surface area contributed by atoms with Crippen molar-refractivity contribution in [2.24, 2.45) is 11.8 Å². The highest BCUT2D eigenvalue weighted by atomic mass is 19.1. The maximum atomic E-state index is 14.9. The number of halogens is 1. The number of nitrogens with zero attached hydrogens (tertiary/aromatic N) is 1. The second-order valence-electron chi connectivity index (χ2n) is 7.47. The zero-order chi connectivity index (χ0) is 14.7. The van der Waals surface area contributed by atoms with Crippen LogP contribution < -0.4 is 0 Å². The molecule has 6 rings (SSSR count). The molecule has 0 saturated heterocycles. The van der Waals surface area contributed by atoms with Gasteiger partial charge in [0.15, 0.2) is 0 Å². The van der Waals surface area contributed by atoms with Crippen molar-refractivity contribution in [2.45, 2.75) is 43.9 Å². The van der Waals surface area contributed by atoms with E-state index >= 15 is 0 Å². The number of hydrogen-bond donors (Lipinski definition) is 0. The van der Waals surface area contributed by atoms with Gasteiger partial charge in [0.1, 0.15) is 0 Å². The maximum absolute atomic E-state index is 14.9. The lowest BCUT2D eigenvalue weighted by Gasteiger charge is -2.38. The van der Waals surface area contributed by atoms with E-state index in [2.05, 4.69) is 11.1 Å². The van der Waals surface area contributed by atoms with E-state index in [1.54, 1.807) is 0 Å². The molecular formula is C20H20FN. The first-order valence-corrected chi connectivity index (χ1v) is 8.53. The Morgan fingerprint density at radius 1 is 0.864 bits per heavy atom. The van der Waals surface area contributed by atoms with E-state index in [0.717, 1.165) is 28.7 Å². The Morgan fingerprint density at radius 3 is 2.27 bits per heavy atom. The van der Waals surface area contributed by atoms with Gasteiger partial charge in [-0.15, -0.1) is 0 Å². The van der Waals surface area contributed by atoms with Crippen LogP contribution in [0.5, 0.6) is 0 Å². The predicted octanol–water partition coefficient (Wildman–Crippen LogP) is 5.28. The Morgan fingerprint density at radius 2 is 1.55 bits per heavy atom. The molecule has 0 radical (unpaired) electrons. The van der Waals surface area contributed by atoms with Gasteiger partial charge in [0.05, 0.1) is 5.69 Å². The van der Waals surface area contributed by atoms with E-state index in [-0.39, 0.29) is 5.95 Å². The fourth-order valence-corrected chi connectivity index (χ4v) is 5.38. The highest BCUT2D eigenvalue weighted by Crippen LogP contribution is 2.56. The normalized spacial score (nSPS) is 31.9.